The van der Waals surface area contributed by atoms with Gasteiger partial charge in [0.1, 0.15) is 11.6 Å². The van der Waals surface area contributed by atoms with Crippen molar-refractivity contribution in [2.24, 2.45) is 5.92 Å². The van der Waals surface area contributed by atoms with Gasteiger partial charge in [-0.05, 0) is 107 Å². The van der Waals surface area contributed by atoms with Crippen LogP contribution < -0.4 is 0 Å². The Morgan fingerprint density at radius 1 is 0.971 bits per heavy atom. The summed E-state index contributed by atoms with van der Waals surface area (Å²) in [6, 6.07) is 9.32. The molecule has 0 radical (unpaired) electrons. The molecule has 35 heavy (non-hydrogen) atoms. The summed E-state index contributed by atoms with van der Waals surface area (Å²) in [5.74, 6) is -1.72. The van der Waals surface area contributed by atoms with Crippen molar-refractivity contribution in [2.45, 2.75) is 80.0 Å². The molecule has 0 amide bonds. The molecule has 8 heteroatoms. The maximum Gasteiger partial charge on any atom is 0.314 e. The van der Waals surface area contributed by atoms with Crippen molar-refractivity contribution in [3.05, 3.63) is 65.2 Å². The predicted molar refractivity (Wildman–Crippen MR) is 128 cm³/mol. The van der Waals surface area contributed by atoms with E-state index in [0.717, 1.165) is 18.9 Å². The molecule has 4 rings (SSSR count). The van der Waals surface area contributed by atoms with Crippen molar-refractivity contribution in [3.8, 4) is 0 Å². The van der Waals surface area contributed by atoms with Crippen LogP contribution in [0.1, 0.15) is 70.4 Å². The minimum Gasteiger partial charge on any atom is -0.481 e. The van der Waals surface area contributed by atoms with E-state index in [4.69, 9.17) is 4.74 Å². The fourth-order valence-electron chi connectivity index (χ4n) is 4.89. The van der Waals surface area contributed by atoms with Gasteiger partial charge in [-0.2, -0.15) is 0 Å². The van der Waals surface area contributed by atoms with Crippen molar-refractivity contribution in [1.29, 1.82) is 0 Å². The number of carboxylic acid groups (broad SMARTS) is 1. The molecule has 2 aromatic carbocycles. The number of rotatable bonds is 7. The van der Waals surface area contributed by atoms with Crippen LogP contribution in [0, 0.1) is 17.6 Å². The molecule has 2 aliphatic carbocycles. The molecule has 0 bridgehead atoms. The molecule has 1 N–H and O–H groups in total. The summed E-state index contributed by atoms with van der Waals surface area (Å²) in [5.41, 5.74) is -1.31. The SMILES string of the molecule is CC(C)(C)S(=O)(=O)c1cc(F)cc([C@]2(OCC3CC3)CC[C@@](C(=O)O)(c3ccc(F)cc3)CC2)c1. The highest BCUT2D eigenvalue weighted by Crippen LogP contribution is 2.50. The Bertz CT molecular complexity index is 1200. The summed E-state index contributed by atoms with van der Waals surface area (Å²) in [7, 11) is -3.81. The Morgan fingerprint density at radius 2 is 1.57 bits per heavy atom. The van der Waals surface area contributed by atoms with Crippen molar-refractivity contribution < 1.29 is 31.8 Å². The molecule has 0 unspecified atom stereocenters. The quantitative estimate of drug-likeness (QED) is 0.517. The maximum absolute atomic E-state index is 14.8. The van der Waals surface area contributed by atoms with Crippen LogP contribution in [0.2, 0.25) is 0 Å². The third-order valence-corrected chi connectivity index (χ3v) is 9.99. The average molecular weight is 507 g/mol. The van der Waals surface area contributed by atoms with Gasteiger partial charge in [-0.15, -0.1) is 0 Å². The van der Waals surface area contributed by atoms with Gasteiger partial charge in [-0.1, -0.05) is 12.1 Å². The zero-order valence-corrected chi connectivity index (χ0v) is 21.1. The molecule has 2 aromatic rings. The van der Waals surface area contributed by atoms with E-state index in [1.165, 1.54) is 36.4 Å². The molecule has 0 aromatic heterocycles. The Balaban J connectivity index is 1.74. The highest BCUT2D eigenvalue weighted by atomic mass is 32.2. The van der Waals surface area contributed by atoms with Crippen LogP contribution in [0.15, 0.2) is 47.4 Å². The molecule has 0 spiro atoms. The van der Waals surface area contributed by atoms with E-state index in [1.54, 1.807) is 20.8 Å². The zero-order chi connectivity index (χ0) is 25.6. The Hall–Kier alpha value is -2.32. The lowest BCUT2D eigenvalue weighted by atomic mass is 9.63. The second-order valence-electron chi connectivity index (χ2n) is 10.9. The lowest BCUT2D eigenvalue weighted by molar-refractivity contribution is -0.151. The van der Waals surface area contributed by atoms with Crippen LogP contribution in [-0.4, -0.2) is 30.8 Å². The molecule has 5 nitrogen and oxygen atoms in total. The van der Waals surface area contributed by atoms with Gasteiger partial charge in [0.2, 0.25) is 0 Å². The number of carboxylic acids is 1. The summed E-state index contributed by atoms with van der Waals surface area (Å²) in [6.45, 7) is 5.15. The monoisotopic (exact) mass is 506 g/mol. The van der Waals surface area contributed by atoms with Crippen LogP contribution in [0.25, 0.3) is 0 Å². The van der Waals surface area contributed by atoms with E-state index in [9.17, 15) is 27.1 Å². The fraction of sp³-hybridized carbons (Fsp3) is 0.519. The van der Waals surface area contributed by atoms with E-state index >= 15 is 0 Å². The van der Waals surface area contributed by atoms with Gasteiger partial charge in [-0.3, -0.25) is 4.79 Å². The van der Waals surface area contributed by atoms with Crippen LogP contribution in [0.5, 0.6) is 0 Å². The number of ether oxygens (including phenoxy) is 1. The van der Waals surface area contributed by atoms with Crippen LogP contribution in [0.3, 0.4) is 0 Å². The first-order valence-corrected chi connectivity index (χ1v) is 13.5. The van der Waals surface area contributed by atoms with E-state index < -0.39 is 43.2 Å². The van der Waals surface area contributed by atoms with Gasteiger partial charge in [0.05, 0.1) is 27.3 Å². The highest BCUT2D eigenvalue weighted by molar-refractivity contribution is 7.92. The number of hydrogen-bond acceptors (Lipinski definition) is 4. The number of hydrogen-bond donors (Lipinski definition) is 1. The van der Waals surface area contributed by atoms with Gasteiger partial charge >= 0.3 is 5.97 Å². The zero-order valence-electron chi connectivity index (χ0n) is 20.3. The largest absolute Gasteiger partial charge is 0.481 e. The van der Waals surface area contributed by atoms with Gasteiger partial charge in [-0.25, -0.2) is 17.2 Å². The molecular weight excluding hydrogens is 474 g/mol. The average Bonchev–Trinajstić information content (AvgIpc) is 3.62. The molecule has 2 aliphatic rings. The lowest BCUT2D eigenvalue weighted by Crippen LogP contribution is -2.46. The molecule has 190 valence electrons. The van der Waals surface area contributed by atoms with Gasteiger partial charge in [0, 0.05) is 0 Å². The van der Waals surface area contributed by atoms with Crippen molar-refractivity contribution >= 4 is 15.8 Å². The summed E-state index contributed by atoms with van der Waals surface area (Å²) >= 11 is 0. The number of aliphatic carboxylic acids is 1. The summed E-state index contributed by atoms with van der Waals surface area (Å²) in [6.07, 6.45) is 2.99. The van der Waals surface area contributed by atoms with Gasteiger partial charge in [0.15, 0.2) is 9.84 Å². The Labute approximate surface area is 205 Å². The topological polar surface area (TPSA) is 80.7 Å². The molecular formula is C27H32F2O5S. The Kier molecular flexibility index (Phi) is 6.60. The third kappa shape index (κ3) is 4.87. The highest BCUT2D eigenvalue weighted by Gasteiger charge is 2.50. The van der Waals surface area contributed by atoms with Gasteiger partial charge < -0.3 is 9.84 Å². The van der Waals surface area contributed by atoms with Crippen molar-refractivity contribution in [1.82, 2.24) is 0 Å². The number of sulfone groups is 1. The number of halogens is 2. The normalized spacial score (nSPS) is 25.4. The van der Waals surface area contributed by atoms with E-state index in [2.05, 4.69) is 0 Å². The second kappa shape index (κ2) is 8.96. The van der Waals surface area contributed by atoms with E-state index in [1.807, 2.05) is 0 Å². The van der Waals surface area contributed by atoms with Crippen LogP contribution >= 0.6 is 0 Å². The van der Waals surface area contributed by atoms with E-state index in [0.29, 0.717) is 23.7 Å². The molecule has 0 aliphatic heterocycles. The molecule has 0 saturated heterocycles. The first kappa shape index (κ1) is 25.8. The van der Waals surface area contributed by atoms with Gasteiger partial charge in [0.25, 0.3) is 0 Å². The first-order valence-electron chi connectivity index (χ1n) is 12.0. The summed E-state index contributed by atoms with van der Waals surface area (Å²) in [5, 5.41) is 10.2. The molecule has 0 atom stereocenters. The lowest BCUT2D eigenvalue weighted by Gasteiger charge is -2.45. The fourth-order valence-corrected chi connectivity index (χ4v) is 6.15. The van der Waals surface area contributed by atoms with Crippen molar-refractivity contribution in [2.75, 3.05) is 6.61 Å². The minimum atomic E-state index is -3.81. The predicted octanol–water partition coefficient (Wildman–Crippen LogP) is 5.76. The smallest absolute Gasteiger partial charge is 0.314 e. The van der Waals surface area contributed by atoms with Crippen LogP contribution in [0.4, 0.5) is 8.78 Å². The third-order valence-electron chi connectivity index (χ3n) is 7.52. The number of benzene rings is 2. The summed E-state index contributed by atoms with van der Waals surface area (Å²) in [4.78, 5) is 12.4. The standard InChI is InChI=1S/C27H32F2O5S/c1-25(2,3)35(32,33)23-15-20(14-22(29)16-23)27(34-17-18-4-5-18)12-10-26(11-13-27,24(30)31)19-6-8-21(28)9-7-19/h6-9,14-16,18H,4-5,10-13,17H2,1-3H3,(H,30,31)/t26-,27-. The second-order valence-corrected chi connectivity index (χ2v) is 13.6. The maximum atomic E-state index is 14.8. The minimum absolute atomic E-state index is 0.108. The number of carbonyl (C=O) groups is 1. The molecule has 2 fully saturated rings. The van der Waals surface area contributed by atoms with Crippen LogP contribution in [-0.2, 0) is 30.4 Å². The Morgan fingerprint density at radius 3 is 2.09 bits per heavy atom. The first-order chi connectivity index (χ1) is 16.3. The molecule has 0 heterocycles. The van der Waals surface area contributed by atoms with E-state index in [-0.39, 0.29) is 30.6 Å². The summed E-state index contributed by atoms with van der Waals surface area (Å²) < 4.78 is 59.8. The van der Waals surface area contributed by atoms with Crippen molar-refractivity contribution in [3.63, 3.8) is 0 Å². The molecule has 2 saturated carbocycles.